The summed E-state index contributed by atoms with van der Waals surface area (Å²) in [5.74, 6) is 0. The Morgan fingerprint density at radius 3 is 2.67 bits per heavy atom. The Kier molecular flexibility index (Phi) is 5.75. The highest BCUT2D eigenvalue weighted by molar-refractivity contribution is 6.31. The lowest BCUT2D eigenvalue weighted by molar-refractivity contribution is 0.958. The minimum absolute atomic E-state index is 0.823. The van der Waals surface area contributed by atoms with Crippen molar-refractivity contribution in [2.24, 2.45) is 0 Å². The Morgan fingerprint density at radius 2 is 2.22 bits per heavy atom. The Bertz CT molecular complexity index is 112. The van der Waals surface area contributed by atoms with Gasteiger partial charge in [0.05, 0.1) is 0 Å². The third-order valence-corrected chi connectivity index (χ3v) is 1.35. The second kappa shape index (κ2) is 5.90. The fourth-order valence-electron chi connectivity index (χ4n) is 0.459. The summed E-state index contributed by atoms with van der Waals surface area (Å²) >= 11 is 5.68. The van der Waals surface area contributed by atoms with Crippen LogP contribution in [0.2, 0.25) is 0 Å². The van der Waals surface area contributed by atoms with Crippen LogP contribution in [-0.4, -0.2) is 0 Å². The zero-order valence-corrected chi connectivity index (χ0v) is 6.78. The lowest BCUT2D eigenvalue weighted by Crippen LogP contribution is -1.62. The van der Waals surface area contributed by atoms with Gasteiger partial charge < -0.3 is 0 Å². The van der Waals surface area contributed by atoms with Gasteiger partial charge in [-0.15, -0.1) is 0 Å². The average Bonchev–Trinajstić information content (AvgIpc) is 1.89. The highest BCUT2D eigenvalue weighted by Gasteiger charge is 1.77. The molecule has 0 aromatic carbocycles. The SMILES string of the molecule is C/C=C(Cl)\C=C/CCC. The predicted molar refractivity (Wildman–Crippen MR) is 43.7 cm³/mol. The van der Waals surface area contributed by atoms with E-state index in [1.54, 1.807) is 0 Å². The van der Waals surface area contributed by atoms with E-state index in [-0.39, 0.29) is 0 Å². The van der Waals surface area contributed by atoms with Gasteiger partial charge in [0.15, 0.2) is 0 Å². The first-order chi connectivity index (χ1) is 4.31. The van der Waals surface area contributed by atoms with Crippen LogP contribution in [0.15, 0.2) is 23.3 Å². The van der Waals surface area contributed by atoms with Gasteiger partial charge in [-0.3, -0.25) is 0 Å². The van der Waals surface area contributed by atoms with Crippen LogP contribution in [0.4, 0.5) is 0 Å². The van der Waals surface area contributed by atoms with E-state index < -0.39 is 0 Å². The summed E-state index contributed by atoms with van der Waals surface area (Å²) in [4.78, 5) is 0. The molecule has 0 aromatic heterocycles. The molecule has 0 saturated heterocycles. The van der Waals surface area contributed by atoms with Crippen LogP contribution in [-0.2, 0) is 0 Å². The minimum atomic E-state index is 0.823. The van der Waals surface area contributed by atoms with Crippen LogP contribution < -0.4 is 0 Å². The smallest absolute Gasteiger partial charge is 0.0360 e. The first-order valence-corrected chi connectivity index (χ1v) is 3.67. The number of rotatable bonds is 3. The van der Waals surface area contributed by atoms with Crippen LogP contribution in [0.3, 0.4) is 0 Å². The average molecular weight is 145 g/mol. The van der Waals surface area contributed by atoms with Crippen molar-refractivity contribution in [3.8, 4) is 0 Å². The quantitative estimate of drug-likeness (QED) is 0.532. The number of unbranched alkanes of at least 4 members (excludes halogenated alkanes) is 1. The van der Waals surface area contributed by atoms with E-state index in [4.69, 9.17) is 11.6 Å². The summed E-state index contributed by atoms with van der Waals surface area (Å²) in [6.45, 7) is 4.08. The second-order valence-corrected chi connectivity index (χ2v) is 2.30. The van der Waals surface area contributed by atoms with E-state index in [1.165, 1.54) is 6.42 Å². The molecule has 0 bridgehead atoms. The van der Waals surface area contributed by atoms with Gasteiger partial charge in [-0.25, -0.2) is 0 Å². The fourth-order valence-corrected chi connectivity index (χ4v) is 0.548. The molecule has 0 aromatic rings. The van der Waals surface area contributed by atoms with E-state index in [0.717, 1.165) is 11.5 Å². The zero-order valence-electron chi connectivity index (χ0n) is 6.02. The molecule has 0 aliphatic carbocycles. The molecule has 0 spiro atoms. The van der Waals surface area contributed by atoms with Crippen LogP contribution >= 0.6 is 11.6 Å². The molecule has 0 saturated carbocycles. The van der Waals surface area contributed by atoms with Gasteiger partial charge in [-0.2, -0.15) is 0 Å². The number of hydrogen-bond acceptors (Lipinski definition) is 0. The lowest BCUT2D eigenvalue weighted by Gasteiger charge is -1.84. The number of hydrogen-bond donors (Lipinski definition) is 0. The Labute approximate surface area is 62.2 Å². The van der Waals surface area contributed by atoms with Gasteiger partial charge >= 0.3 is 0 Å². The van der Waals surface area contributed by atoms with Crippen LogP contribution in [0, 0.1) is 0 Å². The molecule has 0 rings (SSSR count). The molecule has 0 radical (unpaired) electrons. The monoisotopic (exact) mass is 144 g/mol. The number of halogens is 1. The highest BCUT2D eigenvalue weighted by Crippen LogP contribution is 2.02. The maximum atomic E-state index is 5.68. The van der Waals surface area contributed by atoms with E-state index in [9.17, 15) is 0 Å². The van der Waals surface area contributed by atoms with E-state index in [1.807, 2.05) is 19.1 Å². The van der Waals surface area contributed by atoms with Crippen molar-refractivity contribution in [1.29, 1.82) is 0 Å². The van der Waals surface area contributed by atoms with Gasteiger partial charge in [-0.1, -0.05) is 37.1 Å². The summed E-state index contributed by atoms with van der Waals surface area (Å²) in [6, 6.07) is 0. The van der Waals surface area contributed by atoms with Gasteiger partial charge in [0.1, 0.15) is 0 Å². The molecular weight excluding hydrogens is 132 g/mol. The van der Waals surface area contributed by atoms with Crippen molar-refractivity contribution in [2.75, 3.05) is 0 Å². The molecule has 0 fully saturated rings. The van der Waals surface area contributed by atoms with E-state index in [0.29, 0.717) is 0 Å². The topological polar surface area (TPSA) is 0 Å². The summed E-state index contributed by atoms with van der Waals surface area (Å²) in [7, 11) is 0. The Balaban J connectivity index is 3.45. The van der Waals surface area contributed by atoms with Gasteiger partial charge in [0, 0.05) is 5.03 Å². The number of allylic oxidation sites excluding steroid dienone is 4. The third kappa shape index (κ3) is 5.64. The van der Waals surface area contributed by atoms with Crippen molar-refractivity contribution in [1.82, 2.24) is 0 Å². The van der Waals surface area contributed by atoms with Crippen molar-refractivity contribution in [2.45, 2.75) is 26.7 Å². The Hall–Kier alpha value is -0.230. The maximum Gasteiger partial charge on any atom is 0.0360 e. The summed E-state index contributed by atoms with van der Waals surface area (Å²) in [5.41, 5.74) is 0. The molecule has 0 N–H and O–H groups in total. The van der Waals surface area contributed by atoms with Crippen molar-refractivity contribution in [3.63, 3.8) is 0 Å². The second-order valence-electron chi connectivity index (χ2n) is 1.86. The molecule has 0 unspecified atom stereocenters. The molecule has 0 aliphatic rings. The molecule has 9 heavy (non-hydrogen) atoms. The summed E-state index contributed by atoms with van der Waals surface area (Å²) in [6.07, 6.45) is 8.20. The minimum Gasteiger partial charge on any atom is -0.0847 e. The van der Waals surface area contributed by atoms with Crippen LogP contribution in [0.5, 0.6) is 0 Å². The highest BCUT2D eigenvalue weighted by atomic mass is 35.5. The molecule has 0 amide bonds. The van der Waals surface area contributed by atoms with Gasteiger partial charge in [-0.05, 0) is 19.4 Å². The molecule has 52 valence electrons. The Morgan fingerprint density at radius 1 is 1.56 bits per heavy atom. The van der Waals surface area contributed by atoms with Crippen LogP contribution in [0.1, 0.15) is 26.7 Å². The lowest BCUT2D eigenvalue weighted by atomic mass is 10.3. The third-order valence-electron chi connectivity index (χ3n) is 1.01. The standard InChI is InChI=1S/C8H13Cl/c1-3-5-6-7-8(9)4-2/h4,6-7H,3,5H2,1-2H3/b7-6-,8-4+. The summed E-state index contributed by atoms with van der Waals surface area (Å²) < 4.78 is 0. The largest absolute Gasteiger partial charge is 0.0847 e. The first-order valence-electron chi connectivity index (χ1n) is 3.29. The molecule has 0 atom stereocenters. The van der Waals surface area contributed by atoms with Crippen molar-refractivity contribution >= 4 is 11.6 Å². The van der Waals surface area contributed by atoms with Crippen LogP contribution in [0.25, 0.3) is 0 Å². The maximum absolute atomic E-state index is 5.68. The molecular formula is C8H13Cl. The van der Waals surface area contributed by atoms with E-state index >= 15 is 0 Å². The molecule has 0 nitrogen and oxygen atoms in total. The molecule has 1 heteroatoms. The fraction of sp³-hybridized carbons (Fsp3) is 0.500. The summed E-state index contributed by atoms with van der Waals surface area (Å²) in [5, 5.41) is 0.823. The van der Waals surface area contributed by atoms with Gasteiger partial charge in [0.2, 0.25) is 0 Å². The molecule has 0 heterocycles. The normalized spacial score (nSPS) is 13.0. The van der Waals surface area contributed by atoms with Gasteiger partial charge in [0.25, 0.3) is 0 Å². The zero-order chi connectivity index (χ0) is 7.11. The van der Waals surface area contributed by atoms with Crippen molar-refractivity contribution < 1.29 is 0 Å². The first kappa shape index (κ1) is 8.77. The van der Waals surface area contributed by atoms with E-state index in [2.05, 4.69) is 13.0 Å². The van der Waals surface area contributed by atoms with Crippen molar-refractivity contribution in [3.05, 3.63) is 23.3 Å². The predicted octanol–water partition coefficient (Wildman–Crippen LogP) is 3.49. The molecule has 0 aliphatic heterocycles.